The van der Waals surface area contributed by atoms with Gasteiger partial charge in [-0.05, 0) is 0 Å². The van der Waals surface area contributed by atoms with Gasteiger partial charge in [0.05, 0.1) is 0 Å². The molecular formula is C24H24ClO3P. The molecule has 0 saturated heterocycles. The fourth-order valence-electron chi connectivity index (χ4n) is 3.68. The van der Waals surface area contributed by atoms with E-state index in [1.807, 2.05) is 91.0 Å². The van der Waals surface area contributed by atoms with Crippen molar-refractivity contribution in [3.8, 4) is 0 Å². The van der Waals surface area contributed by atoms with E-state index in [1.54, 1.807) is 6.92 Å². The zero-order valence-electron chi connectivity index (χ0n) is 16.3. The van der Waals surface area contributed by atoms with Gasteiger partial charge >= 0.3 is 176 Å². The van der Waals surface area contributed by atoms with Gasteiger partial charge in [-0.2, -0.15) is 0 Å². The van der Waals surface area contributed by atoms with Crippen LogP contribution in [0, 0.1) is 0 Å². The first-order valence-electron chi connectivity index (χ1n) is 9.60. The first-order valence-corrected chi connectivity index (χ1v) is 12.9. The average Bonchev–Trinajstić information content (AvgIpc) is 2.79. The number of halogens is 1. The Morgan fingerprint density at radius 2 is 1.14 bits per heavy atom. The van der Waals surface area contributed by atoms with E-state index in [-0.39, 0.29) is 13.0 Å². The first-order chi connectivity index (χ1) is 14.0. The number of esters is 1. The van der Waals surface area contributed by atoms with Gasteiger partial charge in [-0.3, -0.25) is 0 Å². The molecule has 5 heteroatoms. The van der Waals surface area contributed by atoms with Gasteiger partial charge in [0.15, 0.2) is 0 Å². The Bertz CT molecular complexity index is 875. The van der Waals surface area contributed by atoms with E-state index in [2.05, 4.69) is 0 Å². The van der Waals surface area contributed by atoms with Crippen molar-refractivity contribution >= 4 is 44.9 Å². The van der Waals surface area contributed by atoms with Gasteiger partial charge in [-0.25, -0.2) is 0 Å². The molecule has 0 N–H and O–H groups in total. The molecule has 29 heavy (non-hydrogen) atoms. The summed E-state index contributed by atoms with van der Waals surface area (Å²) in [7, 11) is 0. The Balaban J connectivity index is 2.22. The van der Waals surface area contributed by atoms with E-state index >= 15 is 0 Å². The number of ketones is 1. The third-order valence-electron chi connectivity index (χ3n) is 5.15. The number of hydrogen-bond acceptors (Lipinski definition) is 3. The summed E-state index contributed by atoms with van der Waals surface area (Å²) in [5.41, 5.74) is 0. The van der Waals surface area contributed by atoms with Gasteiger partial charge in [0.25, 0.3) is 0 Å². The summed E-state index contributed by atoms with van der Waals surface area (Å²) in [6.07, 6.45) is 0.349. The summed E-state index contributed by atoms with van der Waals surface area (Å²) >= 11 is 7.83. The predicted octanol–water partition coefficient (Wildman–Crippen LogP) is 4.19. The summed E-state index contributed by atoms with van der Waals surface area (Å²) in [6.45, 7) is 1.86. The molecule has 0 heterocycles. The molecule has 0 fully saturated rings. The van der Waals surface area contributed by atoms with E-state index in [0.29, 0.717) is 6.16 Å². The van der Waals surface area contributed by atoms with Gasteiger partial charge in [-0.15, -0.1) is 0 Å². The van der Waals surface area contributed by atoms with Crippen molar-refractivity contribution in [3.05, 3.63) is 91.0 Å². The summed E-state index contributed by atoms with van der Waals surface area (Å²) in [4.78, 5) is 24.5. The quantitative estimate of drug-likeness (QED) is 0.308. The Labute approximate surface area is 176 Å². The van der Waals surface area contributed by atoms with Crippen LogP contribution in [0.1, 0.15) is 13.3 Å². The van der Waals surface area contributed by atoms with E-state index in [0.717, 1.165) is 15.9 Å². The molecule has 3 nitrogen and oxygen atoms in total. The van der Waals surface area contributed by atoms with Gasteiger partial charge in [0.2, 0.25) is 0 Å². The third-order valence-corrected chi connectivity index (χ3v) is 12.6. The molecule has 0 bridgehead atoms. The van der Waals surface area contributed by atoms with Crippen LogP contribution in [-0.2, 0) is 14.3 Å². The Morgan fingerprint density at radius 1 is 0.759 bits per heavy atom. The molecule has 3 rings (SSSR count). The van der Waals surface area contributed by atoms with E-state index in [1.165, 1.54) is 0 Å². The van der Waals surface area contributed by atoms with Crippen molar-refractivity contribution in [2.24, 2.45) is 0 Å². The molecule has 0 aliphatic carbocycles. The molecule has 0 amide bonds. The van der Waals surface area contributed by atoms with Crippen LogP contribution in [0.2, 0.25) is 0 Å². The van der Waals surface area contributed by atoms with Crippen LogP contribution in [0.3, 0.4) is 0 Å². The van der Waals surface area contributed by atoms with Gasteiger partial charge in [0.1, 0.15) is 0 Å². The minimum atomic E-state index is -3.53. The van der Waals surface area contributed by atoms with Gasteiger partial charge in [-0.1, -0.05) is 0 Å². The second-order valence-electron chi connectivity index (χ2n) is 6.81. The number of carbonyl (C=O) groups excluding carboxylic acids is 2. The zero-order chi connectivity index (χ0) is 20.8. The van der Waals surface area contributed by atoms with Crippen LogP contribution in [0.15, 0.2) is 91.0 Å². The van der Waals surface area contributed by atoms with Crippen LogP contribution in [0.5, 0.6) is 0 Å². The maximum atomic E-state index is 12.5. The predicted molar refractivity (Wildman–Crippen MR) is 122 cm³/mol. The molecule has 0 aliphatic heterocycles. The number of carbonyl (C=O) groups is 2. The minimum absolute atomic E-state index is 0.0127. The molecule has 3 aromatic carbocycles. The van der Waals surface area contributed by atoms with Gasteiger partial charge < -0.3 is 0 Å². The molecule has 0 radical (unpaired) electrons. The van der Waals surface area contributed by atoms with Crippen LogP contribution >= 0.6 is 17.2 Å². The van der Waals surface area contributed by atoms with Crippen molar-refractivity contribution < 1.29 is 14.3 Å². The fraction of sp³-hybridized carbons (Fsp3) is 0.167. The molecule has 0 aliphatic rings. The van der Waals surface area contributed by atoms with E-state index in [9.17, 15) is 9.59 Å². The molecule has 0 spiro atoms. The normalized spacial score (nSPS) is 12.6. The van der Waals surface area contributed by atoms with Crippen LogP contribution < -0.4 is 15.9 Å². The number of hydrogen-bond donors (Lipinski definition) is 0. The molecule has 0 saturated carbocycles. The first kappa shape index (κ1) is 21.2. The van der Waals surface area contributed by atoms with Crippen molar-refractivity contribution in [2.45, 2.75) is 13.3 Å². The number of rotatable bonds is 8. The molecule has 0 unspecified atom stereocenters. The summed E-state index contributed by atoms with van der Waals surface area (Å²) in [5.74, 6) is -4.88. The summed E-state index contributed by atoms with van der Waals surface area (Å²) < 4.78 is 4.90. The molecule has 0 atom stereocenters. The van der Waals surface area contributed by atoms with Crippen molar-refractivity contribution in [2.75, 3.05) is 12.8 Å². The van der Waals surface area contributed by atoms with Crippen LogP contribution in [0.4, 0.5) is 0 Å². The van der Waals surface area contributed by atoms with Crippen LogP contribution in [0.25, 0.3) is 0 Å². The van der Waals surface area contributed by atoms with E-state index in [4.69, 9.17) is 16.0 Å². The second-order valence-corrected chi connectivity index (χ2v) is 13.4. The SMILES string of the molecule is CCOC(=O)C(=O)CCP(Cl)(c1ccccc1)(c1ccccc1)c1ccccc1. The third kappa shape index (κ3) is 3.99. The van der Waals surface area contributed by atoms with Crippen molar-refractivity contribution in [1.29, 1.82) is 0 Å². The maximum absolute atomic E-state index is 12.5. The van der Waals surface area contributed by atoms with E-state index < -0.39 is 17.7 Å². The number of ether oxygens (including phenoxy) is 1. The summed E-state index contributed by atoms with van der Waals surface area (Å²) in [6, 6.07) is 29.7. The van der Waals surface area contributed by atoms with Crippen molar-refractivity contribution in [3.63, 3.8) is 0 Å². The Morgan fingerprint density at radius 3 is 1.48 bits per heavy atom. The topological polar surface area (TPSA) is 43.4 Å². The fourth-order valence-corrected chi connectivity index (χ4v) is 9.62. The summed E-state index contributed by atoms with van der Waals surface area (Å²) in [5, 5.41) is 2.90. The Hall–Kier alpha value is -2.48. The molecular weight excluding hydrogens is 403 g/mol. The monoisotopic (exact) mass is 426 g/mol. The number of Topliss-reactive ketones (excluding diaryl/α,β-unsaturated/α-hetero) is 1. The standard InChI is InChI=1S/C24H24ClO3P/c1-2-28-24(27)23(26)18-19-29(25,20-12-6-3-7-13-20,21-14-8-4-9-15-21)22-16-10-5-11-17-22/h3-17H,2,18-19H2,1H3. The molecule has 3 aromatic rings. The second kappa shape index (κ2) is 8.90. The molecule has 150 valence electrons. The molecule has 0 aromatic heterocycles. The average molecular weight is 427 g/mol. The Kier molecular flexibility index (Phi) is 6.52. The van der Waals surface area contributed by atoms with Gasteiger partial charge in [0, 0.05) is 0 Å². The van der Waals surface area contributed by atoms with Crippen molar-refractivity contribution in [1.82, 2.24) is 0 Å². The van der Waals surface area contributed by atoms with Crippen LogP contribution in [-0.4, -0.2) is 24.5 Å². The zero-order valence-corrected chi connectivity index (χ0v) is 18.0. The number of benzene rings is 3.